The minimum Gasteiger partial charge on any atom is -0.294 e. The van der Waals surface area contributed by atoms with E-state index in [2.05, 4.69) is 0 Å². The molecule has 2 aromatic carbocycles. The van der Waals surface area contributed by atoms with Crippen LogP contribution in [0.1, 0.15) is 21.5 Å². The van der Waals surface area contributed by atoms with Crippen LogP contribution in [0, 0.1) is 12.7 Å². The molecule has 0 aliphatic carbocycles. The molecule has 0 spiro atoms. The Kier molecular flexibility index (Phi) is 4.23. The summed E-state index contributed by atoms with van der Waals surface area (Å²) in [5.41, 5.74) is 1.59. The Hall–Kier alpha value is -1.38. The summed E-state index contributed by atoms with van der Waals surface area (Å²) in [6.07, 6.45) is 0.0275. The predicted octanol–water partition coefficient (Wildman–Crippen LogP) is 4.87. The van der Waals surface area contributed by atoms with Crippen LogP contribution in [0.5, 0.6) is 0 Å². The normalized spacial score (nSPS) is 10.5. The van der Waals surface area contributed by atoms with Crippen molar-refractivity contribution in [3.63, 3.8) is 0 Å². The first-order valence-corrected chi connectivity index (χ1v) is 6.47. The number of rotatable bonds is 3. The van der Waals surface area contributed by atoms with Crippen molar-refractivity contribution in [3.8, 4) is 0 Å². The lowest BCUT2D eigenvalue weighted by Crippen LogP contribution is -2.07. The Morgan fingerprint density at radius 2 is 1.89 bits per heavy atom. The van der Waals surface area contributed by atoms with Gasteiger partial charge in [-0.15, -0.1) is 0 Å². The predicted molar refractivity (Wildman–Crippen MR) is 75.6 cm³/mol. The number of Topliss-reactive ketones (excluding diaryl/α,β-unsaturated/α-hetero) is 1. The van der Waals surface area contributed by atoms with E-state index in [4.69, 9.17) is 23.2 Å². The van der Waals surface area contributed by atoms with Gasteiger partial charge in [0.15, 0.2) is 5.78 Å². The molecule has 0 aliphatic heterocycles. The standard InChI is InChI=1S/C15H11Cl2FO/c1-9-5-6-10(12(17)7-9)8-14(19)15-11(16)3-2-4-13(15)18/h2-7H,8H2,1H3. The van der Waals surface area contributed by atoms with Crippen LogP contribution in [-0.2, 0) is 6.42 Å². The summed E-state index contributed by atoms with van der Waals surface area (Å²) in [4.78, 5) is 12.1. The van der Waals surface area contributed by atoms with E-state index in [1.165, 1.54) is 18.2 Å². The molecule has 0 saturated heterocycles. The highest BCUT2D eigenvalue weighted by Crippen LogP contribution is 2.24. The average Bonchev–Trinajstić information content (AvgIpc) is 2.32. The van der Waals surface area contributed by atoms with Gasteiger partial charge in [-0.05, 0) is 36.2 Å². The third-order valence-corrected chi connectivity index (χ3v) is 3.47. The van der Waals surface area contributed by atoms with E-state index in [1.807, 2.05) is 13.0 Å². The fourth-order valence-corrected chi connectivity index (χ4v) is 2.39. The fourth-order valence-electron chi connectivity index (χ4n) is 1.82. The van der Waals surface area contributed by atoms with Crippen molar-refractivity contribution >= 4 is 29.0 Å². The summed E-state index contributed by atoms with van der Waals surface area (Å²) in [7, 11) is 0. The van der Waals surface area contributed by atoms with Crippen LogP contribution in [0.15, 0.2) is 36.4 Å². The molecule has 0 aliphatic rings. The van der Waals surface area contributed by atoms with Gasteiger partial charge in [-0.1, -0.05) is 41.4 Å². The lowest BCUT2D eigenvalue weighted by molar-refractivity contribution is 0.0989. The molecule has 0 radical (unpaired) electrons. The molecule has 2 aromatic rings. The molecule has 2 rings (SSSR count). The van der Waals surface area contributed by atoms with E-state index < -0.39 is 5.82 Å². The summed E-state index contributed by atoms with van der Waals surface area (Å²) < 4.78 is 13.6. The molecule has 0 unspecified atom stereocenters. The molecule has 0 N–H and O–H groups in total. The van der Waals surface area contributed by atoms with Gasteiger partial charge in [0.05, 0.1) is 10.6 Å². The molecular weight excluding hydrogens is 286 g/mol. The maximum absolute atomic E-state index is 13.6. The van der Waals surface area contributed by atoms with Crippen molar-refractivity contribution in [1.29, 1.82) is 0 Å². The zero-order valence-electron chi connectivity index (χ0n) is 10.2. The number of hydrogen-bond donors (Lipinski definition) is 0. The SMILES string of the molecule is Cc1ccc(CC(=O)c2c(F)cccc2Cl)c(Cl)c1. The molecule has 0 heterocycles. The molecule has 0 bridgehead atoms. The number of halogens is 3. The Labute approximate surface area is 121 Å². The summed E-state index contributed by atoms with van der Waals surface area (Å²) in [6.45, 7) is 1.91. The molecule has 19 heavy (non-hydrogen) atoms. The quantitative estimate of drug-likeness (QED) is 0.739. The highest BCUT2D eigenvalue weighted by Gasteiger charge is 2.17. The minimum atomic E-state index is -0.610. The monoisotopic (exact) mass is 296 g/mol. The Morgan fingerprint density at radius 3 is 2.53 bits per heavy atom. The summed E-state index contributed by atoms with van der Waals surface area (Å²) >= 11 is 11.9. The molecule has 4 heteroatoms. The van der Waals surface area contributed by atoms with Gasteiger partial charge in [0.1, 0.15) is 5.82 Å². The van der Waals surface area contributed by atoms with Crippen molar-refractivity contribution < 1.29 is 9.18 Å². The highest BCUT2D eigenvalue weighted by molar-refractivity contribution is 6.34. The van der Waals surface area contributed by atoms with Crippen molar-refractivity contribution in [1.82, 2.24) is 0 Å². The topological polar surface area (TPSA) is 17.1 Å². The van der Waals surface area contributed by atoms with Crippen LogP contribution in [0.25, 0.3) is 0 Å². The van der Waals surface area contributed by atoms with Gasteiger partial charge in [0, 0.05) is 11.4 Å². The summed E-state index contributed by atoms with van der Waals surface area (Å²) in [5, 5.41) is 0.619. The van der Waals surface area contributed by atoms with Crippen LogP contribution in [0.2, 0.25) is 10.0 Å². The maximum Gasteiger partial charge on any atom is 0.171 e. The second-order valence-electron chi connectivity index (χ2n) is 4.29. The number of hydrogen-bond acceptors (Lipinski definition) is 1. The van der Waals surface area contributed by atoms with Crippen molar-refractivity contribution in [2.45, 2.75) is 13.3 Å². The van der Waals surface area contributed by atoms with E-state index in [9.17, 15) is 9.18 Å². The van der Waals surface area contributed by atoms with Crippen LogP contribution in [-0.4, -0.2) is 5.78 Å². The smallest absolute Gasteiger partial charge is 0.171 e. The molecule has 1 nitrogen and oxygen atoms in total. The van der Waals surface area contributed by atoms with E-state index in [1.54, 1.807) is 12.1 Å². The van der Waals surface area contributed by atoms with Crippen LogP contribution in [0.3, 0.4) is 0 Å². The van der Waals surface area contributed by atoms with E-state index in [-0.39, 0.29) is 22.8 Å². The highest BCUT2D eigenvalue weighted by atomic mass is 35.5. The number of ketones is 1. The first-order chi connectivity index (χ1) is 8.99. The second-order valence-corrected chi connectivity index (χ2v) is 5.11. The molecule has 0 atom stereocenters. The first-order valence-electron chi connectivity index (χ1n) is 5.71. The lowest BCUT2D eigenvalue weighted by Gasteiger charge is -2.07. The number of benzene rings is 2. The van der Waals surface area contributed by atoms with Crippen LogP contribution in [0.4, 0.5) is 4.39 Å². The first kappa shape index (κ1) is 14.0. The van der Waals surface area contributed by atoms with Gasteiger partial charge in [0.25, 0.3) is 0 Å². The van der Waals surface area contributed by atoms with Crippen LogP contribution >= 0.6 is 23.2 Å². The van der Waals surface area contributed by atoms with E-state index >= 15 is 0 Å². The molecule has 0 saturated carbocycles. The second kappa shape index (κ2) is 5.72. The lowest BCUT2D eigenvalue weighted by atomic mass is 10.0. The Bertz CT molecular complexity index is 618. The molecule has 98 valence electrons. The summed E-state index contributed by atoms with van der Waals surface area (Å²) in [5.74, 6) is -0.991. The molecule has 0 fully saturated rings. The van der Waals surface area contributed by atoms with Gasteiger partial charge >= 0.3 is 0 Å². The van der Waals surface area contributed by atoms with Crippen molar-refractivity contribution in [2.75, 3.05) is 0 Å². The number of carbonyl (C=O) groups excluding carboxylic acids is 1. The minimum absolute atomic E-state index is 0.0275. The zero-order valence-corrected chi connectivity index (χ0v) is 11.7. The van der Waals surface area contributed by atoms with Crippen LogP contribution < -0.4 is 0 Å². The fraction of sp³-hybridized carbons (Fsp3) is 0.133. The maximum atomic E-state index is 13.6. The van der Waals surface area contributed by atoms with E-state index in [0.717, 1.165) is 5.56 Å². The van der Waals surface area contributed by atoms with Gasteiger partial charge in [-0.2, -0.15) is 0 Å². The van der Waals surface area contributed by atoms with Gasteiger partial charge in [-0.25, -0.2) is 4.39 Å². The largest absolute Gasteiger partial charge is 0.294 e. The third kappa shape index (κ3) is 3.14. The average molecular weight is 297 g/mol. The molecular formula is C15H11Cl2FO. The van der Waals surface area contributed by atoms with Gasteiger partial charge in [-0.3, -0.25) is 4.79 Å². The third-order valence-electron chi connectivity index (χ3n) is 2.80. The van der Waals surface area contributed by atoms with Crippen molar-refractivity contribution in [3.05, 3.63) is 69.0 Å². The zero-order chi connectivity index (χ0) is 14.0. The van der Waals surface area contributed by atoms with Crippen molar-refractivity contribution in [2.24, 2.45) is 0 Å². The number of carbonyl (C=O) groups is 1. The Balaban J connectivity index is 2.31. The molecule has 0 amide bonds. The number of aryl methyl sites for hydroxylation is 1. The molecule has 0 aromatic heterocycles. The van der Waals surface area contributed by atoms with Gasteiger partial charge in [0.2, 0.25) is 0 Å². The Morgan fingerprint density at radius 1 is 1.16 bits per heavy atom. The summed E-state index contributed by atoms with van der Waals surface area (Å²) in [6, 6.07) is 9.58. The van der Waals surface area contributed by atoms with Gasteiger partial charge < -0.3 is 0 Å². The van der Waals surface area contributed by atoms with E-state index in [0.29, 0.717) is 10.6 Å².